The number of nitrogens with zero attached hydrogens (tertiary/aromatic N) is 8. The molecule has 4 N–H and O–H groups in total. The molecule has 4 aromatic heterocycles. The molecule has 0 spiro atoms. The van der Waals surface area contributed by atoms with E-state index in [2.05, 4.69) is 121 Å². The Balaban J connectivity index is 0.000000131. The van der Waals surface area contributed by atoms with Crippen LogP contribution in [0, 0.1) is 0 Å². The Morgan fingerprint density at radius 3 is 1.15 bits per heavy atom. The average molecular weight is 1450 g/mol. The van der Waals surface area contributed by atoms with Crippen LogP contribution in [0.5, 0.6) is 28.7 Å². The van der Waals surface area contributed by atoms with Crippen LogP contribution in [0.3, 0.4) is 0 Å². The van der Waals surface area contributed by atoms with Gasteiger partial charge in [-0.25, -0.2) is 0 Å². The van der Waals surface area contributed by atoms with Crippen LogP contribution in [0.1, 0.15) is 74.7 Å². The van der Waals surface area contributed by atoms with E-state index in [9.17, 15) is 52.8 Å². The van der Waals surface area contributed by atoms with Gasteiger partial charge < -0.3 is 43.4 Å². The van der Waals surface area contributed by atoms with Gasteiger partial charge in [0.05, 0.1) is 30.8 Å². The van der Waals surface area contributed by atoms with E-state index < -0.39 is 11.8 Å². The minimum Gasteiger partial charge on any atom is -0.503 e. The summed E-state index contributed by atoms with van der Waals surface area (Å²) in [7, 11) is 0. The summed E-state index contributed by atoms with van der Waals surface area (Å²) < 4.78 is 48.3. The maximum atomic E-state index is 12.2. The summed E-state index contributed by atoms with van der Waals surface area (Å²) >= 11 is 12.8. The SMILES string of the molecule is CC1Cn2cc(O)c(=O)cc2CN1Cc1ccc(OC(F)(F)F)cc1.O=c1cc2n(cc1O)CC(Cc1ccccc1)N(Cc1c(Cl)cccc1Cl)C2.O=c1cc2n(cc1O)CC(Cc1ccccc1)N(Cc1ccccc1)C2.O=c1cc2n(cc1O)CC(c1ccccc1)N(Cc1ccccc1)C2. The number of benzene rings is 7. The fourth-order valence-corrected chi connectivity index (χ4v) is 14.3. The molecular formula is C82H79Cl2F3N8O9. The molecule has 0 amide bonds. The summed E-state index contributed by atoms with van der Waals surface area (Å²) in [5.74, 6) is -1.11. The predicted octanol–water partition coefficient (Wildman–Crippen LogP) is 13.8. The van der Waals surface area contributed by atoms with Gasteiger partial charge in [0.2, 0.25) is 21.7 Å². The molecule has 4 aliphatic rings. The van der Waals surface area contributed by atoms with Crippen molar-refractivity contribution in [1.82, 2.24) is 37.9 Å². The van der Waals surface area contributed by atoms with E-state index in [-0.39, 0.29) is 63.2 Å². The van der Waals surface area contributed by atoms with Gasteiger partial charge in [0.15, 0.2) is 23.0 Å². The van der Waals surface area contributed by atoms with E-state index in [1.165, 1.54) is 64.5 Å². The lowest BCUT2D eigenvalue weighted by molar-refractivity contribution is -0.274. The first kappa shape index (κ1) is 73.3. The largest absolute Gasteiger partial charge is 0.573 e. The van der Waals surface area contributed by atoms with E-state index >= 15 is 0 Å². The molecule has 0 saturated heterocycles. The standard InChI is InChI=1S/C22H20Cl2N2O2.C22H22N2O2.C21H20N2O2.C17H17F3N2O3/c23-19-7-4-8-20(24)18(19)13-25-12-17-10-21(27)22(28)14-26(17)11-16(25)9-15-5-2-1-3-6-15;25-21-12-20-15-23(13-18-9-5-2-6-10-18)19(14-24(20)16-22(21)26)11-17-7-3-1-4-8-17;24-20-11-18-13-23(12-16-7-3-1-4-8-16)19(14-22(18)15-21(20)25)17-9-5-2-6-10-17;1-11-7-22-10-16(24)15(23)6-13(22)9-21(11)8-12-2-4-14(5-3-12)25-17(18,19)20/h1-8,10,14,16,28H,9,11-13H2;1-10,12,16,19,26H,11,13-15H2;1-11,15,19,25H,12-14H2;2-6,10-11,24H,7-9H2,1H3. The summed E-state index contributed by atoms with van der Waals surface area (Å²) in [5, 5.41) is 40.2. The van der Waals surface area contributed by atoms with Crippen LogP contribution in [0.15, 0.2) is 262 Å². The van der Waals surface area contributed by atoms with Gasteiger partial charge >= 0.3 is 6.36 Å². The van der Waals surface area contributed by atoms with Crippen molar-refractivity contribution in [2.75, 3.05) is 0 Å². The maximum Gasteiger partial charge on any atom is 0.573 e. The number of hydrogen-bond donors (Lipinski definition) is 4. The third-order valence-corrected chi connectivity index (χ3v) is 19.9. The van der Waals surface area contributed by atoms with E-state index in [1.807, 2.05) is 98.0 Å². The van der Waals surface area contributed by atoms with Gasteiger partial charge in [-0.15, -0.1) is 13.2 Å². The lowest BCUT2D eigenvalue weighted by Crippen LogP contribution is -2.44. The number of hydrogen-bond acceptors (Lipinski definition) is 13. The number of rotatable bonds is 14. The highest BCUT2D eigenvalue weighted by Crippen LogP contribution is 2.34. The maximum absolute atomic E-state index is 12.2. The molecule has 0 fully saturated rings. The van der Waals surface area contributed by atoms with Crippen molar-refractivity contribution in [2.45, 2.75) is 129 Å². The van der Waals surface area contributed by atoms with Crippen molar-refractivity contribution in [1.29, 1.82) is 0 Å². The monoisotopic (exact) mass is 1450 g/mol. The highest BCUT2D eigenvalue weighted by atomic mass is 35.5. The van der Waals surface area contributed by atoms with Gasteiger partial charge in [-0.2, -0.15) is 0 Å². The first-order valence-electron chi connectivity index (χ1n) is 34.3. The summed E-state index contributed by atoms with van der Waals surface area (Å²) in [4.78, 5) is 56.4. The molecule has 7 aromatic carbocycles. The molecule has 22 heteroatoms. The molecule has 17 nitrogen and oxygen atoms in total. The zero-order chi connectivity index (χ0) is 73.0. The number of aromatic nitrogens is 4. The summed E-state index contributed by atoms with van der Waals surface area (Å²) in [6.45, 7) is 9.98. The Morgan fingerprint density at radius 2 is 0.731 bits per heavy atom. The van der Waals surface area contributed by atoms with Gasteiger partial charge in [-0.05, 0) is 77.4 Å². The second kappa shape index (κ2) is 33.3. The van der Waals surface area contributed by atoms with Gasteiger partial charge in [0.25, 0.3) is 0 Å². The van der Waals surface area contributed by atoms with Crippen LogP contribution in [0.2, 0.25) is 10.0 Å². The normalized spacial score (nSPS) is 17.2. The fourth-order valence-electron chi connectivity index (χ4n) is 13.8. The topological polar surface area (TPSA) is 191 Å². The second-order valence-electron chi connectivity index (χ2n) is 26.6. The zero-order valence-corrected chi connectivity index (χ0v) is 58.6. The molecule has 104 heavy (non-hydrogen) atoms. The van der Waals surface area contributed by atoms with E-state index in [0.717, 1.165) is 66.4 Å². The molecule has 0 bridgehead atoms. The lowest BCUT2D eigenvalue weighted by atomic mass is 10.0. The van der Waals surface area contributed by atoms with Crippen molar-refractivity contribution in [3.63, 3.8) is 0 Å². The van der Waals surface area contributed by atoms with Crippen LogP contribution < -0.4 is 26.5 Å². The first-order chi connectivity index (χ1) is 50.1. The van der Waals surface area contributed by atoms with Crippen molar-refractivity contribution in [2.24, 2.45) is 0 Å². The minimum absolute atomic E-state index is 0.139. The first-order valence-corrected chi connectivity index (χ1v) is 35.0. The predicted molar refractivity (Wildman–Crippen MR) is 395 cm³/mol. The lowest BCUT2D eigenvalue weighted by Gasteiger charge is -2.38. The average Bonchev–Trinajstić information content (AvgIpc) is 0.821. The minimum atomic E-state index is -4.70. The highest BCUT2D eigenvalue weighted by Gasteiger charge is 2.33. The van der Waals surface area contributed by atoms with Crippen LogP contribution in [0.4, 0.5) is 13.2 Å². The van der Waals surface area contributed by atoms with E-state index in [1.54, 1.807) is 36.7 Å². The number of pyridine rings is 4. The molecule has 4 atom stereocenters. The smallest absolute Gasteiger partial charge is 0.503 e. The third kappa shape index (κ3) is 19.0. The Bertz CT molecular complexity index is 4960. The number of fused-ring (bicyclic) bond motifs is 4. The molecule has 0 radical (unpaired) electrons. The van der Waals surface area contributed by atoms with Crippen LogP contribution in [0.25, 0.3) is 0 Å². The van der Waals surface area contributed by atoms with Crippen LogP contribution in [-0.2, 0) is 91.4 Å². The second-order valence-corrected chi connectivity index (χ2v) is 27.4. The van der Waals surface area contributed by atoms with Crippen molar-refractivity contribution in [3.05, 3.63) is 356 Å². The summed E-state index contributed by atoms with van der Waals surface area (Å²) in [5.41, 5.74) is 10.2. The van der Waals surface area contributed by atoms with Gasteiger partial charge in [0.1, 0.15) is 5.75 Å². The molecule has 0 aliphatic carbocycles. The van der Waals surface area contributed by atoms with E-state index in [0.29, 0.717) is 75.0 Å². The molecular weight excluding hydrogens is 1370 g/mol. The van der Waals surface area contributed by atoms with Crippen molar-refractivity contribution >= 4 is 23.2 Å². The van der Waals surface area contributed by atoms with Gasteiger partial charge in [-0.1, -0.05) is 193 Å². The molecule has 0 saturated carbocycles. The Hall–Kier alpha value is -10.5. The summed E-state index contributed by atoms with van der Waals surface area (Å²) in [6.07, 6.45) is 3.19. The molecule has 8 heterocycles. The number of halogens is 5. The molecule has 11 aromatic rings. The van der Waals surface area contributed by atoms with Gasteiger partial charge in [0, 0.05) is 159 Å². The number of aromatic hydroxyl groups is 4. The number of alkyl halides is 3. The quantitative estimate of drug-likeness (QED) is 0.0805. The van der Waals surface area contributed by atoms with Crippen molar-refractivity contribution in [3.8, 4) is 28.7 Å². The van der Waals surface area contributed by atoms with Crippen LogP contribution >= 0.6 is 23.2 Å². The molecule has 4 unspecified atom stereocenters. The summed E-state index contributed by atoms with van der Waals surface area (Å²) in [6, 6.07) is 70.0. The molecule has 15 rings (SSSR count). The van der Waals surface area contributed by atoms with Crippen molar-refractivity contribution < 1.29 is 38.3 Å². The molecule has 4 aliphatic heterocycles. The van der Waals surface area contributed by atoms with Crippen LogP contribution in [-0.4, -0.2) is 82.8 Å². The Morgan fingerprint density at radius 1 is 0.394 bits per heavy atom. The number of ether oxygens (including phenoxy) is 1. The highest BCUT2D eigenvalue weighted by molar-refractivity contribution is 6.36. The Kier molecular flexibility index (Phi) is 23.5. The molecule has 536 valence electrons. The zero-order valence-electron chi connectivity index (χ0n) is 57.1. The van der Waals surface area contributed by atoms with Gasteiger partial charge in [-0.3, -0.25) is 38.8 Å². The fraction of sp³-hybridized carbons (Fsp3) is 0.244. The van der Waals surface area contributed by atoms with E-state index in [4.69, 9.17) is 23.2 Å². The Labute approximate surface area is 609 Å². The third-order valence-electron chi connectivity index (χ3n) is 19.2.